The summed E-state index contributed by atoms with van der Waals surface area (Å²) in [6.45, 7) is 1.15. The number of carbonyl (C=O) groups is 1. The summed E-state index contributed by atoms with van der Waals surface area (Å²) >= 11 is 0. The van der Waals surface area contributed by atoms with Crippen LogP contribution >= 0.6 is 0 Å². The molecule has 3 aromatic carbocycles. The highest BCUT2D eigenvalue weighted by molar-refractivity contribution is 6.01. The first kappa shape index (κ1) is 18.7. The molecular weight excluding hydrogens is 400 g/mol. The van der Waals surface area contributed by atoms with Gasteiger partial charge in [-0.25, -0.2) is 0 Å². The lowest BCUT2D eigenvalue weighted by Crippen LogP contribution is -2.44. The molecule has 0 atom stereocenters. The second-order valence-electron chi connectivity index (χ2n) is 7.83. The summed E-state index contributed by atoms with van der Waals surface area (Å²) in [7, 11) is 0. The van der Waals surface area contributed by atoms with Crippen molar-refractivity contribution in [3.8, 4) is 17.1 Å². The summed E-state index contributed by atoms with van der Waals surface area (Å²) in [5, 5.41) is 7.17. The van der Waals surface area contributed by atoms with E-state index in [-0.39, 0.29) is 5.78 Å². The normalized spacial score (nSPS) is 17.0. The van der Waals surface area contributed by atoms with Gasteiger partial charge in [0.2, 0.25) is 5.95 Å². The Kier molecular flexibility index (Phi) is 4.26. The first-order valence-electron chi connectivity index (χ1n) is 10.6. The predicted octanol–water partition coefficient (Wildman–Crippen LogP) is 4.32. The Balaban J connectivity index is 1.55. The van der Waals surface area contributed by atoms with E-state index in [0.29, 0.717) is 24.9 Å². The fraction of sp³-hybridized carbons (Fsp3) is 0.115. The van der Waals surface area contributed by atoms with Crippen molar-refractivity contribution in [2.75, 3.05) is 18.1 Å². The Labute approximate surface area is 185 Å². The van der Waals surface area contributed by atoms with Gasteiger partial charge < -0.3 is 9.64 Å². The monoisotopic (exact) mass is 420 g/mol. The maximum atomic E-state index is 11.8. The number of aromatic nitrogens is 3. The van der Waals surface area contributed by atoms with Gasteiger partial charge in [0.05, 0.1) is 12.3 Å². The SMILES string of the molecule is O=C1C=CC2(C=C1)OCCN2c1nc(-c2cccc3ccccc23)nn1-c1ccccc1. The number of hydrogen-bond acceptors (Lipinski definition) is 5. The van der Waals surface area contributed by atoms with Crippen LogP contribution in [0.2, 0.25) is 0 Å². The van der Waals surface area contributed by atoms with Gasteiger partial charge in [0.15, 0.2) is 17.3 Å². The smallest absolute Gasteiger partial charge is 0.232 e. The summed E-state index contributed by atoms with van der Waals surface area (Å²) in [4.78, 5) is 18.8. The summed E-state index contributed by atoms with van der Waals surface area (Å²) in [6, 6.07) is 24.3. The van der Waals surface area contributed by atoms with Crippen molar-refractivity contribution in [2.45, 2.75) is 5.72 Å². The minimum absolute atomic E-state index is 0.0490. The first-order valence-corrected chi connectivity index (χ1v) is 10.6. The molecule has 1 saturated heterocycles. The van der Waals surface area contributed by atoms with Crippen LogP contribution in [0.25, 0.3) is 27.8 Å². The van der Waals surface area contributed by atoms with Gasteiger partial charge in [0, 0.05) is 12.1 Å². The lowest BCUT2D eigenvalue weighted by Gasteiger charge is -2.33. The number of fused-ring (bicyclic) bond motifs is 1. The van der Waals surface area contributed by atoms with Crippen LogP contribution in [0.4, 0.5) is 5.95 Å². The van der Waals surface area contributed by atoms with Crippen LogP contribution in [-0.4, -0.2) is 39.4 Å². The van der Waals surface area contributed by atoms with Crippen molar-refractivity contribution < 1.29 is 9.53 Å². The number of nitrogens with zero attached hydrogens (tertiary/aromatic N) is 4. The van der Waals surface area contributed by atoms with Crippen molar-refractivity contribution in [2.24, 2.45) is 0 Å². The van der Waals surface area contributed by atoms with Gasteiger partial charge in [-0.15, -0.1) is 5.10 Å². The third kappa shape index (κ3) is 2.96. The number of anilines is 1. The molecule has 1 aliphatic carbocycles. The van der Waals surface area contributed by atoms with E-state index in [1.54, 1.807) is 24.3 Å². The van der Waals surface area contributed by atoms with Gasteiger partial charge in [0.25, 0.3) is 0 Å². The van der Waals surface area contributed by atoms with Gasteiger partial charge >= 0.3 is 0 Å². The van der Waals surface area contributed by atoms with Crippen LogP contribution in [0, 0.1) is 0 Å². The molecule has 156 valence electrons. The zero-order valence-corrected chi connectivity index (χ0v) is 17.3. The lowest BCUT2D eigenvalue weighted by molar-refractivity contribution is -0.110. The van der Waals surface area contributed by atoms with Crippen molar-refractivity contribution in [3.05, 3.63) is 97.1 Å². The first-order chi connectivity index (χ1) is 15.7. The molecule has 1 aromatic heterocycles. The van der Waals surface area contributed by atoms with Crippen molar-refractivity contribution in [1.29, 1.82) is 0 Å². The number of para-hydroxylation sites is 1. The number of rotatable bonds is 3. The van der Waals surface area contributed by atoms with Gasteiger partial charge in [-0.1, -0.05) is 60.7 Å². The molecule has 0 unspecified atom stereocenters. The lowest BCUT2D eigenvalue weighted by atomic mass is 10.0. The number of ketones is 1. The number of allylic oxidation sites excluding steroid dienone is 2. The highest BCUT2D eigenvalue weighted by Crippen LogP contribution is 2.36. The van der Waals surface area contributed by atoms with Crippen molar-refractivity contribution >= 4 is 22.5 Å². The minimum Gasteiger partial charge on any atom is -0.346 e. The topological polar surface area (TPSA) is 60.2 Å². The van der Waals surface area contributed by atoms with Crippen molar-refractivity contribution in [3.63, 3.8) is 0 Å². The van der Waals surface area contributed by atoms with E-state index in [9.17, 15) is 4.79 Å². The molecule has 0 N–H and O–H groups in total. The Morgan fingerprint density at radius 3 is 2.47 bits per heavy atom. The number of hydrogen-bond donors (Lipinski definition) is 0. The van der Waals surface area contributed by atoms with Gasteiger partial charge in [0.1, 0.15) is 0 Å². The molecule has 2 heterocycles. The highest BCUT2D eigenvalue weighted by Gasteiger charge is 2.42. The summed E-state index contributed by atoms with van der Waals surface area (Å²) < 4.78 is 7.94. The minimum atomic E-state index is -0.844. The fourth-order valence-corrected chi connectivity index (χ4v) is 4.36. The third-order valence-corrected chi connectivity index (χ3v) is 5.91. The molecule has 6 heteroatoms. The van der Waals surface area contributed by atoms with E-state index in [1.807, 2.05) is 59.3 Å². The van der Waals surface area contributed by atoms with Crippen LogP contribution in [0.5, 0.6) is 0 Å². The Morgan fingerprint density at radius 2 is 1.62 bits per heavy atom. The second kappa shape index (κ2) is 7.28. The average Bonchev–Trinajstić information content (AvgIpc) is 3.46. The molecular formula is C26H20N4O2. The van der Waals surface area contributed by atoms with Gasteiger partial charge in [-0.2, -0.15) is 9.67 Å². The molecule has 1 spiro atoms. The largest absolute Gasteiger partial charge is 0.346 e. The standard InChI is InChI=1S/C26H20N4O2/c31-21-13-15-26(16-14-21)29(17-18-32-26)25-27-24(28-30(25)20-9-2-1-3-10-20)23-12-6-8-19-7-4-5-11-22(19)23/h1-16H,17-18H2. The zero-order valence-electron chi connectivity index (χ0n) is 17.3. The van der Waals surface area contributed by atoms with Crippen LogP contribution in [0.15, 0.2) is 97.1 Å². The molecule has 6 rings (SSSR count). The Hall–Kier alpha value is -4.03. The van der Waals surface area contributed by atoms with Gasteiger partial charge in [-0.05, 0) is 47.2 Å². The number of carbonyl (C=O) groups excluding carboxylic acids is 1. The average molecular weight is 420 g/mol. The highest BCUT2D eigenvalue weighted by atomic mass is 16.5. The summed E-state index contributed by atoms with van der Waals surface area (Å²) in [5.74, 6) is 1.26. The summed E-state index contributed by atoms with van der Waals surface area (Å²) in [6.07, 6.45) is 6.69. The van der Waals surface area contributed by atoms with Crippen LogP contribution in [0.3, 0.4) is 0 Å². The van der Waals surface area contributed by atoms with Gasteiger partial charge in [-0.3, -0.25) is 4.79 Å². The van der Waals surface area contributed by atoms with E-state index < -0.39 is 5.72 Å². The molecule has 6 nitrogen and oxygen atoms in total. The molecule has 1 aliphatic heterocycles. The Bertz CT molecular complexity index is 1370. The molecule has 0 saturated carbocycles. The van der Waals surface area contributed by atoms with Crippen LogP contribution in [-0.2, 0) is 9.53 Å². The van der Waals surface area contributed by atoms with Crippen molar-refractivity contribution in [1.82, 2.24) is 14.8 Å². The van der Waals surface area contributed by atoms with Crippen LogP contribution < -0.4 is 4.90 Å². The molecule has 0 radical (unpaired) electrons. The van der Waals surface area contributed by atoms with Crippen LogP contribution in [0.1, 0.15) is 0 Å². The zero-order chi connectivity index (χ0) is 21.5. The van der Waals surface area contributed by atoms with E-state index in [1.165, 1.54) is 0 Å². The maximum absolute atomic E-state index is 11.8. The molecule has 1 fully saturated rings. The molecule has 4 aromatic rings. The Morgan fingerprint density at radius 1 is 0.875 bits per heavy atom. The van der Waals surface area contributed by atoms with E-state index in [0.717, 1.165) is 22.0 Å². The number of benzene rings is 3. The molecule has 2 aliphatic rings. The fourth-order valence-electron chi connectivity index (χ4n) is 4.36. The molecule has 0 bridgehead atoms. The molecule has 32 heavy (non-hydrogen) atoms. The quantitative estimate of drug-likeness (QED) is 0.494. The summed E-state index contributed by atoms with van der Waals surface area (Å²) in [5.41, 5.74) is 1.03. The van der Waals surface area contributed by atoms with E-state index in [2.05, 4.69) is 23.1 Å². The molecule has 0 amide bonds. The number of ether oxygens (including phenoxy) is 1. The predicted molar refractivity (Wildman–Crippen MR) is 124 cm³/mol. The second-order valence-corrected chi connectivity index (χ2v) is 7.83. The third-order valence-electron chi connectivity index (χ3n) is 5.91. The maximum Gasteiger partial charge on any atom is 0.232 e. The van der Waals surface area contributed by atoms with E-state index in [4.69, 9.17) is 14.8 Å². The van der Waals surface area contributed by atoms with E-state index >= 15 is 0 Å².